The molecule has 0 spiro atoms. The molecule has 0 aromatic heterocycles. The fourth-order valence-electron chi connectivity index (χ4n) is 2.86. The molecule has 7 heteroatoms. The lowest BCUT2D eigenvalue weighted by molar-refractivity contribution is -0.137. The van der Waals surface area contributed by atoms with Gasteiger partial charge in [0.05, 0.1) is 16.9 Å². The van der Waals surface area contributed by atoms with E-state index < -0.39 is 23.7 Å². The Balaban J connectivity index is 2.05. The van der Waals surface area contributed by atoms with E-state index in [2.05, 4.69) is 5.32 Å². The summed E-state index contributed by atoms with van der Waals surface area (Å²) in [6.07, 6.45) is -4.48. The number of carbonyl (C=O) groups excluding carboxylic acids is 2. The highest BCUT2D eigenvalue weighted by atomic mass is 19.4. The molecule has 2 aromatic rings. The minimum atomic E-state index is -4.53. The summed E-state index contributed by atoms with van der Waals surface area (Å²) in [6, 6.07) is 10.5. The topological polar surface area (TPSA) is 49.4 Å². The maximum Gasteiger partial charge on any atom is 0.416 e. The zero-order valence-electron chi connectivity index (χ0n) is 13.3. The van der Waals surface area contributed by atoms with Gasteiger partial charge in [0.1, 0.15) is 0 Å². The van der Waals surface area contributed by atoms with Crippen LogP contribution in [0.1, 0.15) is 29.3 Å². The summed E-state index contributed by atoms with van der Waals surface area (Å²) in [7, 11) is 0. The standard InChI is InChI=1S/C18H15F3N2O2/c1-11-9-16(24)22-14-7-2-3-8-15(14)23(11)17(25)12-5-4-6-13(10-12)18(19,20)21/h2-8,10-11H,9H2,1H3,(H,22,24)/t11-/m1/s1. The van der Waals surface area contributed by atoms with Gasteiger partial charge < -0.3 is 10.2 Å². The summed E-state index contributed by atoms with van der Waals surface area (Å²) in [5.74, 6) is -0.832. The summed E-state index contributed by atoms with van der Waals surface area (Å²) in [5, 5.41) is 2.71. The summed E-state index contributed by atoms with van der Waals surface area (Å²) in [6.45, 7) is 1.69. The molecule has 2 amide bonds. The van der Waals surface area contributed by atoms with Crippen molar-refractivity contribution < 1.29 is 22.8 Å². The van der Waals surface area contributed by atoms with Crippen LogP contribution in [-0.4, -0.2) is 17.9 Å². The smallest absolute Gasteiger partial charge is 0.324 e. The third kappa shape index (κ3) is 3.35. The lowest BCUT2D eigenvalue weighted by Crippen LogP contribution is -2.39. The molecule has 1 N–H and O–H groups in total. The molecule has 0 saturated heterocycles. The molecule has 130 valence electrons. The number of anilines is 2. The molecule has 1 atom stereocenters. The predicted molar refractivity (Wildman–Crippen MR) is 87.4 cm³/mol. The van der Waals surface area contributed by atoms with Gasteiger partial charge in [0.15, 0.2) is 0 Å². The van der Waals surface area contributed by atoms with Crippen LogP contribution < -0.4 is 10.2 Å². The van der Waals surface area contributed by atoms with E-state index in [1.165, 1.54) is 17.0 Å². The van der Waals surface area contributed by atoms with Gasteiger partial charge >= 0.3 is 6.18 Å². The van der Waals surface area contributed by atoms with Gasteiger partial charge in [-0.25, -0.2) is 0 Å². The highest BCUT2D eigenvalue weighted by Crippen LogP contribution is 2.34. The SMILES string of the molecule is C[C@@H]1CC(=O)Nc2ccccc2N1C(=O)c1cccc(C(F)(F)F)c1. The number of halogens is 3. The van der Waals surface area contributed by atoms with E-state index in [1.54, 1.807) is 31.2 Å². The number of fused-ring (bicyclic) bond motifs is 1. The van der Waals surface area contributed by atoms with Crippen LogP contribution >= 0.6 is 0 Å². The van der Waals surface area contributed by atoms with Crippen molar-refractivity contribution in [1.29, 1.82) is 0 Å². The number of para-hydroxylation sites is 2. The van der Waals surface area contributed by atoms with Gasteiger partial charge in [0.2, 0.25) is 5.91 Å². The molecule has 0 radical (unpaired) electrons. The van der Waals surface area contributed by atoms with Crippen molar-refractivity contribution in [3.8, 4) is 0 Å². The number of nitrogens with one attached hydrogen (secondary N) is 1. The van der Waals surface area contributed by atoms with Crippen LogP contribution in [0.3, 0.4) is 0 Å². The van der Waals surface area contributed by atoms with Crippen LogP contribution in [0.15, 0.2) is 48.5 Å². The molecule has 0 aliphatic carbocycles. The summed E-state index contributed by atoms with van der Waals surface area (Å²) in [4.78, 5) is 26.2. The second-order valence-electron chi connectivity index (χ2n) is 5.87. The van der Waals surface area contributed by atoms with Gasteiger partial charge in [-0.2, -0.15) is 13.2 Å². The lowest BCUT2D eigenvalue weighted by atomic mass is 10.1. The molecule has 1 heterocycles. The normalized spacial score (nSPS) is 17.5. The van der Waals surface area contributed by atoms with Gasteiger partial charge in [-0.1, -0.05) is 18.2 Å². The minimum absolute atomic E-state index is 0.0549. The Kier molecular flexibility index (Phi) is 4.24. The molecular weight excluding hydrogens is 333 g/mol. The van der Waals surface area contributed by atoms with Gasteiger partial charge in [-0.05, 0) is 37.3 Å². The van der Waals surface area contributed by atoms with E-state index in [0.29, 0.717) is 11.4 Å². The number of rotatable bonds is 1. The van der Waals surface area contributed by atoms with E-state index in [4.69, 9.17) is 0 Å². The molecule has 0 bridgehead atoms. The number of benzene rings is 2. The van der Waals surface area contributed by atoms with Gasteiger partial charge in [-0.15, -0.1) is 0 Å². The first-order valence-electron chi connectivity index (χ1n) is 7.67. The van der Waals surface area contributed by atoms with Crippen molar-refractivity contribution >= 4 is 23.2 Å². The van der Waals surface area contributed by atoms with Crippen molar-refractivity contribution in [2.24, 2.45) is 0 Å². The average Bonchev–Trinajstić information content (AvgIpc) is 2.68. The van der Waals surface area contributed by atoms with E-state index in [-0.39, 0.29) is 17.9 Å². The first-order valence-corrected chi connectivity index (χ1v) is 7.67. The van der Waals surface area contributed by atoms with Crippen LogP contribution in [0.5, 0.6) is 0 Å². The molecule has 3 rings (SSSR count). The quantitative estimate of drug-likeness (QED) is 0.844. The lowest BCUT2D eigenvalue weighted by Gasteiger charge is -2.28. The Hall–Kier alpha value is -2.83. The summed E-state index contributed by atoms with van der Waals surface area (Å²) in [5.41, 5.74) is -0.0467. The zero-order valence-corrected chi connectivity index (χ0v) is 13.3. The molecule has 1 aliphatic heterocycles. The maximum absolute atomic E-state index is 12.9. The maximum atomic E-state index is 12.9. The summed E-state index contributed by atoms with van der Waals surface area (Å²) >= 11 is 0. The molecular formula is C18H15F3N2O2. The molecule has 0 saturated carbocycles. The second-order valence-corrected chi connectivity index (χ2v) is 5.87. The highest BCUT2D eigenvalue weighted by molar-refractivity contribution is 6.11. The first-order chi connectivity index (χ1) is 11.8. The van der Waals surface area contributed by atoms with Gasteiger partial charge in [0, 0.05) is 18.0 Å². The third-order valence-corrected chi connectivity index (χ3v) is 4.01. The number of hydrogen-bond donors (Lipinski definition) is 1. The minimum Gasteiger partial charge on any atom is -0.324 e. The Labute approximate surface area is 142 Å². The number of alkyl halides is 3. The summed E-state index contributed by atoms with van der Waals surface area (Å²) < 4.78 is 38.8. The van der Waals surface area contributed by atoms with E-state index >= 15 is 0 Å². The predicted octanol–water partition coefficient (Wildman–Crippen LogP) is 4.08. The number of carbonyl (C=O) groups is 2. The molecule has 0 unspecified atom stereocenters. The Morgan fingerprint density at radius 3 is 2.60 bits per heavy atom. The van der Waals surface area contributed by atoms with Crippen molar-refractivity contribution in [1.82, 2.24) is 0 Å². The Morgan fingerprint density at radius 2 is 1.88 bits per heavy atom. The van der Waals surface area contributed by atoms with Gasteiger partial charge in [-0.3, -0.25) is 9.59 Å². The van der Waals surface area contributed by atoms with Crippen molar-refractivity contribution in [2.75, 3.05) is 10.2 Å². The van der Waals surface area contributed by atoms with Crippen LogP contribution in [-0.2, 0) is 11.0 Å². The van der Waals surface area contributed by atoms with Crippen LogP contribution in [0.25, 0.3) is 0 Å². The van der Waals surface area contributed by atoms with Gasteiger partial charge in [0.25, 0.3) is 5.91 Å². The highest BCUT2D eigenvalue weighted by Gasteiger charge is 2.33. The third-order valence-electron chi connectivity index (χ3n) is 4.01. The van der Waals surface area contributed by atoms with Crippen LogP contribution in [0.4, 0.5) is 24.5 Å². The van der Waals surface area contributed by atoms with E-state index in [9.17, 15) is 22.8 Å². The van der Waals surface area contributed by atoms with Crippen molar-refractivity contribution in [3.63, 3.8) is 0 Å². The molecule has 1 aliphatic rings. The van der Waals surface area contributed by atoms with E-state index in [0.717, 1.165) is 12.1 Å². The molecule has 0 fully saturated rings. The Morgan fingerprint density at radius 1 is 1.16 bits per heavy atom. The Bertz CT molecular complexity index is 833. The molecule has 25 heavy (non-hydrogen) atoms. The number of amides is 2. The number of hydrogen-bond acceptors (Lipinski definition) is 2. The largest absolute Gasteiger partial charge is 0.416 e. The van der Waals surface area contributed by atoms with Crippen molar-refractivity contribution in [3.05, 3.63) is 59.7 Å². The zero-order chi connectivity index (χ0) is 18.2. The first kappa shape index (κ1) is 17.0. The fourth-order valence-corrected chi connectivity index (χ4v) is 2.86. The van der Waals surface area contributed by atoms with Crippen LogP contribution in [0.2, 0.25) is 0 Å². The average molecular weight is 348 g/mol. The monoisotopic (exact) mass is 348 g/mol. The van der Waals surface area contributed by atoms with Crippen molar-refractivity contribution in [2.45, 2.75) is 25.6 Å². The molecule has 2 aromatic carbocycles. The van der Waals surface area contributed by atoms with Crippen LogP contribution in [0, 0.1) is 0 Å². The second kappa shape index (κ2) is 6.23. The molecule has 4 nitrogen and oxygen atoms in total. The number of nitrogens with zero attached hydrogens (tertiary/aromatic N) is 1. The fraction of sp³-hybridized carbons (Fsp3) is 0.222. The van der Waals surface area contributed by atoms with E-state index in [1.807, 2.05) is 0 Å².